The number of benzene rings is 2. The molecule has 34 heavy (non-hydrogen) atoms. The Balaban J connectivity index is 1.37. The van der Waals surface area contributed by atoms with Crippen LogP contribution >= 0.6 is 11.6 Å². The molecular weight excluding hydrogens is 450 g/mol. The lowest BCUT2D eigenvalue weighted by Crippen LogP contribution is -2.53. The lowest BCUT2D eigenvalue weighted by atomic mass is 9.94. The van der Waals surface area contributed by atoms with Crippen molar-refractivity contribution >= 4 is 35.1 Å². The van der Waals surface area contributed by atoms with Crippen LogP contribution in [0.2, 0.25) is 5.02 Å². The molecule has 0 bridgehead atoms. The molecule has 4 rings (SSSR count). The maximum absolute atomic E-state index is 12.9. The molecule has 1 N–H and O–H groups in total. The van der Waals surface area contributed by atoms with E-state index in [2.05, 4.69) is 15.3 Å². The number of carbonyl (C=O) groups excluding carboxylic acids is 2. The molecule has 2 amide bonds. The van der Waals surface area contributed by atoms with E-state index in [1.807, 2.05) is 68.1 Å². The fourth-order valence-electron chi connectivity index (χ4n) is 3.80. The van der Waals surface area contributed by atoms with Crippen molar-refractivity contribution in [2.24, 2.45) is 5.41 Å². The Kier molecular flexibility index (Phi) is 6.84. The van der Waals surface area contributed by atoms with Crippen LogP contribution in [-0.2, 0) is 4.79 Å². The summed E-state index contributed by atoms with van der Waals surface area (Å²) in [6.07, 6.45) is 1.70. The molecule has 0 radical (unpaired) electrons. The minimum Gasteiger partial charge on any atom is -0.339 e. The number of hydrogen-bond acceptors (Lipinski definition) is 5. The summed E-state index contributed by atoms with van der Waals surface area (Å²) in [6, 6.07) is 16.6. The molecule has 0 unspecified atom stereocenters. The molecule has 1 saturated heterocycles. The number of anilines is 2. The zero-order chi connectivity index (χ0) is 24.3. The lowest BCUT2D eigenvalue weighted by Gasteiger charge is -2.37. The molecule has 0 aliphatic carbocycles. The number of amides is 2. The molecule has 0 spiro atoms. The van der Waals surface area contributed by atoms with Gasteiger partial charge in [-0.25, -0.2) is 9.97 Å². The zero-order valence-electron chi connectivity index (χ0n) is 19.6. The number of nitrogens with one attached hydrogen (secondary N) is 1. The van der Waals surface area contributed by atoms with Crippen molar-refractivity contribution in [2.45, 2.75) is 20.8 Å². The first kappa shape index (κ1) is 23.7. The molecule has 1 aromatic heterocycles. The quantitative estimate of drug-likeness (QED) is 0.580. The minimum absolute atomic E-state index is 0.0320. The van der Waals surface area contributed by atoms with E-state index in [0.29, 0.717) is 42.7 Å². The van der Waals surface area contributed by atoms with Gasteiger partial charge in [0.2, 0.25) is 11.9 Å². The van der Waals surface area contributed by atoms with Crippen LogP contribution in [0.25, 0.3) is 11.3 Å². The van der Waals surface area contributed by atoms with Crippen LogP contribution in [0.15, 0.2) is 60.8 Å². The largest absolute Gasteiger partial charge is 0.339 e. The van der Waals surface area contributed by atoms with E-state index in [0.717, 1.165) is 16.9 Å². The number of rotatable bonds is 4. The van der Waals surface area contributed by atoms with Gasteiger partial charge in [0.15, 0.2) is 0 Å². The van der Waals surface area contributed by atoms with Gasteiger partial charge in [0.25, 0.3) is 5.91 Å². The molecule has 2 aromatic carbocycles. The van der Waals surface area contributed by atoms with Crippen molar-refractivity contribution in [3.05, 3.63) is 71.4 Å². The first-order valence-electron chi connectivity index (χ1n) is 11.3. The van der Waals surface area contributed by atoms with E-state index in [1.165, 1.54) is 0 Å². The van der Waals surface area contributed by atoms with Gasteiger partial charge in [-0.05, 0) is 42.5 Å². The van der Waals surface area contributed by atoms with Gasteiger partial charge in [0, 0.05) is 59.6 Å². The predicted octanol–water partition coefficient (Wildman–Crippen LogP) is 4.87. The predicted molar refractivity (Wildman–Crippen MR) is 134 cm³/mol. The highest BCUT2D eigenvalue weighted by Gasteiger charge is 2.31. The minimum atomic E-state index is -0.410. The van der Waals surface area contributed by atoms with Gasteiger partial charge in [-0.3, -0.25) is 9.59 Å². The first-order valence-corrected chi connectivity index (χ1v) is 11.6. The Morgan fingerprint density at radius 3 is 2.12 bits per heavy atom. The van der Waals surface area contributed by atoms with Crippen molar-refractivity contribution in [1.82, 2.24) is 19.8 Å². The maximum atomic E-state index is 12.9. The third kappa shape index (κ3) is 5.54. The topological polar surface area (TPSA) is 78.4 Å². The SMILES string of the molecule is CC(C)(C)C(=O)N1CCN(C(=O)c2ccc(Nc3nccc(-c4ccc(Cl)cc4)n3)cc2)CC1. The van der Waals surface area contributed by atoms with E-state index in [-0.39, 0.29) is 11.8 Å². The molecule has 176 valence electrons. The van der Waals surface area contributed by atoms with E-state index < -0.39 is 5.41 Å². The summed E-state index contributed by atoms with van der Waals surface area (Å²) in [4.78, 5) is 37.9. The second-order valence-corrected chi connectivity index (χ2v) is 9.75. The summed E-state index contributed by atoms with van der Waals surface area (Å²) < 4.78 is 0. The molecular formula is C26H28ClN5O2. The van der Waals surface area contributed by atoms with Crippen molar-refractivity contribution in [1.29, 1.82) is 0 Å². The monoisotopic (exact) mass is 477 g/mol. The van der Waals surface area contributed by atoms with Crippen LogP contribution < -0.4 is 5.32 Å². The van der Waals surface area contributed by atoms with Gasteiger partial charge in [0.05, 0.1) is 5.69 Å². The van der Waals surface area contributed by atoms with Crippen LogP contribution in [0.4, 0.5) is 11.6 Å². The van der Waals surface area contributed by atoms with Crippen molar-refractivity contribution in [2.75, 3.05) is 31.5 Å². The van der Waals surface area contributed by atoms with E-state index in [1.54, 1.807) is 23.2 Å². The maximum Gasteiger partial charge on any atom is 0.253 e. The second-order valence-electron chi connectivity index (χ2n) is 9.31. The number of piperazine rings is 1. The number of aromatic nitrogens is 2. The Morgan fingerprint density at radius 2 is 1.50 bits per heavy atom. The number of halogens is 1. The Bertz CT molecular complexity index is 1170. The summed E-state index contributed by atoms with van der Waals surface area (Å²) in [7, 11) is 0. The van der Waals surface area contributed by atoms with E-state index >= 15 is 0 Å². The van der Waals surface area contributed by atoms with Gasteiger partial charge in [-0.1, -0.05) is 44.5 Å². The van der Waals surface area contributed by atoms with Crippen LogP contribution in [0.5, 0.6) is 0 Å². The third-order valence-corrected chi connectivity index (χ3v) is 5.93. The highest BCUT2D eigenvalue weighted by molar-refractivity contribution is 6.30. The first-order chi connectivity index (χ1) is 16.2. The van der Waals surface area contributed by atoms with Crippen LogP contribution in [-0.4, -0.2) is 57.8 Å². The number of carbonyl (C=O) groups is 2. The average molecular weight is 478 g/mol. The van der Waals surface area contributed by atoms with Gasteiger partial charge in [-0.2, -0.15) is 0 Å². The van der Waals surface area contributed by atoms with Gasteiger partial charge in [-0.15, -0.1) is 0 Å². The van der Waals surface area contributed by atoms with Gasteiger partial charge in [0.1, 0.15) is 0 Å². The third-order valence-electron chi connectivity index (χ3n) is 5.68. The van der Waals surface area contributed by atoms with Gasteiger partial charge >= 0.3 is 0 Å². The van der Waals surface area contributed by atoms with Crippen molar-refractivity contribution < 1.29 is 9.59 Å². The summed E-state index contributed by atoms with van der Waals surface area (Å²) in [5.74, 6) is 0.555. The van der Waals surface area contributed by atoms with Crippen molar-refractivity contribution in [3.63, 3.8) is 0 Å². The molecule has 8 heteroatoms. The zero-order valence-corrected chi connectivity index (χ0v) is 20.3. The van der Waals surface area contributed by atoms with Gasteiger partial charge < -0.3 is 15.1 Å². The smallest absolute Gasteiger partial charge is 0.253 e. The molecule has 7 nitrogen and oxygen atoms in total. The van der Waals surface area contributed by atoms with E-state index in [4.69, 9.17) is 11.6 Å². The normalized spacial score (nSPS) is 14.1. The summed E-state index contributed by atoms with van der Waals surface area (Å²) in [5.41, 5.74) is 2.71. The van der Waals surface area contributed by atoms with Crippen molar-refractivity contribution in [3.8, 4) is 11.3 Å². The average Bonchev–Trinajstić information content (AvgIpc) is 2.84. The molecule has 1 aliphatic heterocycles. The highest BCUT2D eigenvalue weighted by atomic mass is 35.5. The number of hydrogen-bond donors (Lipinski definition) is 1. The number of nitrogens with zero attached hydrogens (tertiary/aromatic N) is 4. The highest BCUT2D eigenvalue weighted by Crippen LogP contribution is 2.22. The van der Waals surface area contributed by atoms with E-state index in [9.17, 15) is 9.59 Å². The summed E-state index contributed by atoms with van der Waals surface area (Å²) in [5, 5.41) is 3.86. The summed E-state index contributed by atoms with van der Waals surface area (Å²) >= 11 is 5.97. The Hall–Kier alpha value is -3.45. The summed E-state index contributed by atoms with van der Waals surface area (Å²) in [6.45, 7) is 7.94. The molecule has 3 aromatic rings. The fourth-order valence-corrected chi connectivity index (χ4v) is 3.92. The Morgan fingerprint density at radius 1 is 0.882 bits per heavy atom. The van der Waals surface area contributed by atoms with Crippen LogP contribution in [0.1, 0.15) is 31.1 Å². The standard InChI is InChI=1S/C26H28ClN5O2/c1-26(2,3)24(34)32-16-14-31(15-17-32)23(33)19-6-10-21(11-7-19)29-25-28-13-12-22(30-25)18-4-8-20(27)9-5-18/h4-13H,14-17H2,1-3H3,(H,28,29,30). The molecule has 2 heterocycles. The lowest BCUT2D eigenvalue weighted by molar-refractivity contribution is -0.140. The Labute approximate surface area is 204 Å². The van der Waals surface area contributed by atoms with Crippen LogP contribution in [0.3, 0.4) is 0 Å². The van der Waals surface area contributed by atoms with Crippen LogP contribution in [0, 0.1) is 5.41 Å². The molecule has 1 aliphatic rings. The second kappa shape index (κ2) is 9.81. The molecule has 1 fully saturated rings. The fraction of sp³-hybridized carbons (Fsp3) is 0.308. The molecule has 0 saturated carbocycles. The molecule has 0 atom stereocenters.